The van der Waals surface area contributed by atoms with E-state index in [1.54, 1.807) is 12.1 Å². The summed E-state index contributed by atoms with van der Waals surface area (Å²) in [5, 5.41) is 3.22. The Balaban J connectivity index is 2.89. The third kappa shape index (κ3) is 3.61. The van der Waals surface area contributed by atoms with Gasteiger partial charge in [0.1, 0.15) is 0 Å². The Morgan fingerprint density at radius 2 is 1.69 bits per heavy atom. The van der Waals surface area contributed by atoms with Gasteiger partial charge in [0.05, 0.1) is 4.90 Å². The van der Waals surface area contributed by atoms with Gasteiger partial charge in [-0.1, -0.05) is 12.1 Å². The topological polar surface area (TPSA) is 46.2 Å². The molecule has 0 aliphatic rings. The smallest absolute Gasteiger partial charge is 0.175 e. The standard InChI is InChI=1S/C12H19NO2S/c1-12(2,13-3)9-10-5-7-11(8-6-10)16(4,14)15/h5-8,13H,9H2,1-4H3. The molecule has 0 aliphatic heterocycles. The van der Waals surface area contributed by atoms with Gasteiger partial charge in [-0.3, -0.25) is 0 Å². The summed E-state index contributed by atoms with van der Waals surface area (Å²) in [4.78, 5) is 0.374. The van der Waals surface area contributed by atoms with Crippen LogP contribution in [0, 0.1) is 0 Å². The van der Waals surface area contributed by atoms with Crippen LogP contribution in [0.15, 0.2) is 29.2 Å². The van der Waals surface area contributed by atoms with Gasteiger partial charge in [-0.25, -0.2) is 8.42 Å². The molecule has 1 N–H and O–H groups in total. The normalized spacial score (nSPS) is 12.8. The van der Waals surface area contributed by atoms with Crippen molar-refractivity contribution in [3.05, 3.63) is 29.8 Å². The molecular weight excluding hydrogens is 222 g/mol. The quantitative estimate of drug-likeness (QED) is 0.871. The van der Waals surface area contributed by atoms with Gasteiger partial charge in [-0.15, -0.1) is 0 Å². The zero-order chi connectivity index (χ0) is 12.4. The molecule has 0 spiro atoms. The molecule has 1 rings (SSSR count). The maximum Gasteiger partial charge on any atom is 0.175 e. The van der Waals surface area contributed by atoms with E-state index in [1.807, 2.05) is 19.2 Å². The van der Waals surface area contributed by atoms with E-state index in [-0.39, 0.29) is 5.54 Å². The highest BCUT2D eigenvalue weighted by atomic mass is 32.2. The predicted octanol–water partition coefficient (Wildman–Crippen LogP) is 1.63. The number of benzene rings is 1. The Morgan fingerprint density at radius 1 is 1.19 bits per heavy atom. The van der Waals surface area contributed by atoms with Gasteiger partial charge in [0.15, 0.2) is 9.84 Å². The molecule has 1 aromatic rings. The minimum absolute atomic E-state index is 0.0204. The summed E-state index contributed by atoms with van der Waals surface area (Å²) in [6.45, 7) is 4.22. The summed E-state index contributed by atoms with van der Waals surface area (Å²) in [5.41, 5.74) is 1.15. The van der Waals surface area contributed by atoms with Crippen LogP contribution in [0.25, 0.3) is 0 Å². The number of nitrogens with one attached hydrogen (secondary N) is 1. The second-order valence-corrected chi connectivity index (χ2v) is 6.74. The molecule has 3 nitrogen and oxygen atoms in total. The minimum Gasteiger partial charge on any atom is -0.314 e. The largest absolute Gasteiger partial charge is 0.314 e. The van der Waals surface area contributed by atoms with E-state index in [4.69, 9.17) is 0 Å². The SMILES string of the molecule is CNC(C)(C)Cc1ccc(S(C)(=O)=O)cc1. The number of sulfone groups is 1. The Labute approximate surface area is 97.8 Å². The highest BCUT2D eigenvalue weighted by Crippen LogP contribution is 2.15. The first-order chi connectivity index (χ1) is 7.24. The summed E-state index contributed by atoms with van der Waals surface area (Å²) in [6.07, 6.45) is 2.09. The molecule has 0 saturated carbocycles. The fraction of sp³-hybridized carbons (Fsp3) is 0.500. The van der Waals surface area contributed by atoms with E-state index in [9.17, 15) is 8.42 Å². The van der Waals surface area contributed by atoms with Crippen LogP contribution in [0.3, 0.4) is 0 Å². The highest BCUT2D eigenvalue weighted by Gasteiger charge is 2.15. The molecule has 16 heavy (non-hydrogen) atoms. The maximum absolute atomic E-state index is 11.3. The predicted molar refractivity (Wildman–Crippen MR) is 66.4 cm³/mol. The number of rotatable bonds is 4. The Kier molecular flexibility index (Phi) is 3.76. The van der Waals surface area contributed by atoms with Gasteiger partial charge in [-0.2, -0.15) is 0 Å². The first-order valence-electron chi connectivity index (χ1n) is 5.22. The van der Waals surface area contributed by atoms with Gasteiger partial charge in [-0.05, 0) is 45.0 Å². The lowest BCUT2D eigenvalue weighted by Crippen LogP contribution is -2.38. The molecule has 1 aromatic carbocycles. The van der Waals surface area contributed by atoms with E-state index in [0.29, 0.717) is 4.90 Å². The summed E-state index contributed by atoms with van der Waals surface area (Å²) in [5.74, 6) is 0. The van der Waals surface area contributed by atoms with Crippen molar-refractivity contribution < 1.29 is 8.42 Å². The Bertz CT molecular complexity index is 446. The number of hydrogen-bond acceptors (Lipinski definition) is 3. The molecular formula is C12H19NO2S. The third-order valence-corrected chi connectivity index (χ3v) is 3.80. The van der Waals surface area contributed by atoms with Crippen molar-refractivity contribution in [3.8, 4) is 0 Å². The lowest BCUT2D eigenvalue weighted by atomic mass is 9.95. The van der Waals surface area contributed by atoms with Crippen LogP contribution in [-0.4, -0.2) is 27.3 Å². The van der Waals surface area contributed by atoms with Crippen molar-refractivity contribution in [1.29, 1.82) is 0 Å². The molecule has 0 saturated heterocycles. The van der Waals surface area contributed by atoms with Crippen LogP contribution >= 0.6 is 0 Å². The van der Waals surface area contributed by atoms with E-state index < -0.39 is 9.84 Å². The van der Waals surface area contributed by atoms with Crippen molar-refractivity contribution in [2.45, 2.75) is 30.7 Å². The number of hydrogen-bond donors (Lipinski definition) is 1. The van der Waals surface area contributed by atoms with E-state index in [0.717, 1.165) is 12.0 Å². The summed E-state index contributed by atoms with van der Waals surface area (Å²) < 4.78 is 22.5. The van der Waals surface area contributed by atoms with Gasteiger partial charge in [0.2, 0.25) is 0 Å². The summed E-state index contributed by atoms with van der Waals surface area (Å²) in [7, 11) is -1.16. The minimum atomic E-state index is -3.08. The van der Waals surface area contributed by atoms with Crippen molar-refractivity contribution in [1.82, 2.24) is 5.32 Å². The highest BCUT2D eigenvalue weighted by molar-refractivity contribution is 7.90. The summed E-state index contributed by atoms with van der Waals surface area (Å²) in [6, 6.07) is 7.07. The van der Waals surface area contributed by atoms with Crippen LogP contribution in [0.2, 0.25) is 0 Å². The fourth-order valence-electron chi connectivity index (χ4n) is 1.45. The molecule has 0 aliphatic carbocycles. The third-order valence-electron chi connectivity index (χ3n) is 2.67. The zero-order valence-corrected chi connectivity index (χ0v) is 11.1. The average Bonchev–Trinajstić information content (AvgIpc) is 2.16. The van der Waals surface area contributed by atoms with Gasteiger partial charge in [0, 0.05) is 11.8 Å². The summed E-state index contributed by atoms with van der Waals surface area (Å²) >= 11 is 0. The molecule has 0 atom stereocenters. The molecule has 0 amide bonds. The number of likely N-dealkylation sites (N-methyl/N-ethyl adjacent to an activating group) is 1. The molecule has 0 radical (unpaired) electrons. The fourth-order valence-corrected chi connectivity index (χ4v) is 2.08. The van der Waals surface area contributed by atoms with E-state index in [1.165, 1.54) is 6.26 Å². The second kappa shape index (κ2) is 4.55. The van der Waals surface area contributed by atoms with Gasteiger partial charge in [0.25, 0.3) is 0 Å². The first kappa shape index (κ1) is 13.2. The molecule has 4 heteroatoms. The van der Waals surface area contributed by atoms with Crippen molar-refractivity contribution >= 4 is 9.84 Å². The van der Waals surface area contributed by atoms with Crippen LogP contribution < -0.4 is 5.32 Å². The molecule has 0 bridgehead atoms. The van der Waals surface area contributed by atoms with Gasteiger partial charge < -0.3 is 5.32 Å². The van der Waals surface area contributed by atoms with Crippen LogP contribution in [0.5, 0.6) is 0 Å². The van der Waals surface area contributed by atoms with Crippen LogP contribution in [0.1, 0.15) is 19.4 Å². The van der Waals surface area contributed by atoms with Crippen molar-refractivity contribution in [2.75, 3.05) is 13.3 Å². The molecule has 90 valence electrons. The molecule has 0 heterocycles. The maximum atomic E-state index is 11.3. The monoisotopic (exact) mass is 241 g/mol. The van der Waals surface area contributed by atoms with Gasteiger partial charge >= 0.3 is 0 Å². The lowest BCUT2D eigenvalue weighted by Gasteiger charge is -2.24. The van der Waals surface area contributed by atoms with Crippen molar-refractivity contribution in [3.63, 3.8) is 0 Å². The second-order valence-electron chi connectivity index (χ2n) is 4.73. The Hall–Kier alpha value is -0.870. The zero-order valence-electron chi connectivity index (χ0n) is 10.2. The average molecular weight is 241 g/mol. The Morgan fingerprint density at radius 3 is 2.06 bits per heavy atom. The molecule has 0 fully saturated rings. The van der Waals surface area contributed by atoms with E-state index >= 15 is 0 Å². The molecule has 0 aromatic heterocycles. The lowest BCUT2D eigenvalue weighted by molar-refractivity contribution is 0.422. The van der Waals surface area contributed by atoms with Crippen LogP contribution in [-0.2, 0) is 16.3 Å². The van der Waals surface area contributed by atoms with E-state index in [2.05, 4.69) is 19.2 Å². The van der Waals surface area contributed by atoms with Crippen LogP contribution in [0.4, 0.5) is 0 Å². The molecule has 0 unspecified atom stereocenters. The first-order valence-corrected chi connectivity index (χ1v) is 7.12. The van der Waals surface area contributed by atoms with Crippen molar-refractivity contribution in [2.24, 2.45) is 0 Å².